The molecule has 2 rings (SSSR count). The summed E-state index contributed by atoms with van der Waals surface area (Å²) in [4.78, 5) is 11.7. The van der Waals surface area contributed by atoms with Crippen LogP contribution in [0.1, 0.15) is 32.1 Å². The lowest BCUT2D eigenvalue weighted by Gasteiger charge is -2.31. The van der Waals surface area contributed by atoms with Crippen molar-refractivity contribution >= 4 is 5.91 Å². The molecule has 92 valence electrons. The van der Waals surface area contributed by atoms with E-state index >= 15 is 0 Å². The maximum atomic E-state index is 11.7. The van der Waals surface area contributed by atoms with Gasteiger partial charge in [-0.05, 0) is 32.2 Å². The first-order valence-electron chi connectivity index (χ1n) is 6.27. The highest BCUT2D eigenvalue weighted by Crippen LogP contribution is 2.26. The largest absolute Gasteiger partial charge is 0.383 e. The molecular formula is C12H22N2O2. The standard InChI is InChI=1S/C12H22N2O2/c1-16-9-12(6-3-7-14-12)8-13-11(15)10-4-2-5-10/h10,14H,2-9H2,1H3,(H,13,15). The summed E-state index contributed by atoms with van der Waals surface area (Å²) in [5, 5.41) is 6.53. The Morgan fingerprint density at radius 3 is 2.81 bits per heavy atom. The molecule has 1 unspecified atom stereocenters. The number of carbonyl (C=O) groups is 1. The highest BCUT2D eigenvalue weighted by atomic mass is 16.5. The van der Waals surface area contributed by atoms with Crippen molar-refractivity contribution < 1.29 is 9.53 Å². The van der Waals surface area contributed by atoms with Gasteiger partial charge in [-0.2, -0.15) is 0 Å². The third-order valence-corrected chi connectivity index (χ3v) is 3.83. The summed E-state index contributed by atoms with van der Waals surface area (Å²) in [6, 6.07) is 0. The van der Waals surface area contributed by atoms with Crippen LogP contribution in [0.4, 0.5) is 0 Å². The first-order chi connectivity index (χ1) is 7.76. The highest BCUT2D eigenvalue weighted by Gasteiger charge is 2.35. The first kappa shape index (κ1) is 11.9. The Hall–Kier alpha value is -0.610. The van der Waals surface area contributed by atoms with Gasteiger partial charge in [-0.1, -0.05) is 6.42 Å². The fourth-order valence-corrected chi connectivity index (χ4v) is 2.54. The molecule has 1 heterocycles. The second-order valence-corrected chi connectivity index (χ2v) is 5.09. The Morgan fingerprint density at radius 1 is 1.50 bits per heavy atom. The van der Waals surface area contributed by atoms with E-state index in [4.69, 9.17) is 4.74 Å². The molecule has 0 radical (unpaired) electrons. The first-order valence-corrected chi connectivity index (χ1v) is 6.27. The maximum Gasteiger partial charge on any atom is 0.223 e. The smallest absolute Gasteiger partial charge is 0.223 e. The van der Waals surface area contributed by atoms with Crippen molar-refractivity contribution in [2.75, 3.05) is 26.8 Å². The summed E-state index contributed by atoms with van der Waals surface area (Å²) < 4.78 is 5.25. The summed E-state index contributed by atoms with van der Waals surface area (Å²) in [5.74, 6) is 0.511. The minimum Gasteiger partial charge on any atom is -0.383 e. The molecule has 4 heteroatoms. The number of carbonyl (C=O) groups excluding carboxylic acids is 1. The Bertz CT molecular complexity index is 245. The lowest BCUT2D eigenvalue weighted by Crippen LogP contribution is -2.54. The molecule has 4 nitrogen and oxygen atoms in total. The molecule has 0 bridgehead atoms. The van der Waals surface area contributed by atoms with Gasteiger partial charge in [-0.3, -0.25) is 4.79 Å². The molecule has 1 saturated carbocycles. The van der Waals surface area contributed by atoms with Gasteiger partial charge in [0.05, 0.1) is 12.1 Å². The molecule has 0 aromatic rings. The molecule has 2 aliphatic rings. The summed E-state index contributed by atoms with van der Waals surface area (Å²) in [7, 11) is 1.72. The molecule has 2 fully saturated rings. The van der Waals surface area contributed by atoms with E-state index in [1.807, 2.05) is 0 Å². The Labute approximate surface area is 97.1 Å². The van der Waals surface area contributed by atoms with E-state index in [2.05, 4.69) is 10.6 Å². The van der Waals surface area contributed by atoms with Gasteiger partial charge in [0.2, 0.25) is 5.91 Å². The van der Waals surface area contributed by atoms with Gasteiger partial charge in [0.1, 0.15) is 0 Å². The van der Waals surface area contributed by atoms with Gasteiger partial charge < -0.3 is 15.4 Å². The van der Waals surface area contributed by atoms with Crippen LogP contribution in [0.15, 0.2) is 0 Å². The van der Waals surface area contributed by atoms with Crippen LogP contribution >= 0.6 is 0 Å². The van der Waals surface area contributed by atoms with E-state index in [1.54, 1.807) is 7.11 Å². The molecular weight excluding hydrogens is 204 g/mol. The van der Waals surface area contributed by atoms with Crippen LogP contribution in [0.2, 0.25) is 0 Å². The lowest BCUT2D eigenvalue weighted by molar-refractivity contribution is -0.127. The van der Waals surface area contributed by atoms with Gasteiger partial charge in [-0.25, -0.2) is 0 Å². The van der Waals surface area contributed by atoms with Crippen molar-refractivity contribution in [1.29, 1.82) is 0 Å². The second-order valence-electron chi connectivity index (χ2n) is 5.09. The number of nitrogens with one attached hydrogen (secondary N) is 2. The van der Waals surface area contributed by atoms with Gasteiger partial charge in [0.15, 0.2) is 0 Å². The van der Waals surface area contributed by atoms with Crippen molar-refractivity contribution in [2.45, 2.75) is 37.6 Å². The molecule has 0 aromatic heterocycles. The van der Waals surface area contributed by atoms with Gasteiger partial charge in [0.25, 0.3) is 0 Å². The normalized spacial score (nSPS) is 30.1. The fraction of sp³-hybridized carbons (Fsp3) is 0.917. The molecule has 16 heavy (non-hydrogen) atoms. The van der Waals surface area contributed by atoms with E-state index in [1.165, 1.54) is 12.8 Å². The highest BCUT2D eigenvalue weighted by molar-refractivity contribution is 5.79. The molecule has 1 atom stereocenters. The minimum atomic E-state index is -0.0197. The molecule has 1 saturated heterocycles. The average molecular weight is 226 g/mol. The monoisotopic (exact) mass is 226 g/mol. The van der Waals surface area contributed by atoms with Crippen molar-refractivity contribution in [2.24, 2.45) is 5.92 Å². The zero-order chi connectivity index (χ0) is 11.4. The topological polar surface area (TPSA) is 50.4 Å². The molecule has 2 N–H and O–H groups in total. The summed E-state index contributed by atoms with van der Waals surface area (Å²) in [5.41, 5.74) is -0.0197. The van der Waals surface area contributed by atoms with Crippen molar-refractivity contribution in [3.63, 3.8) is 0 Å². The Kier molecular flexibility index (Phi) is 3.82. The lowest BCUT2D eigenvalue weighted by atomic mass is 9.84. The van der Waals surface area contributed by atoms with Gasteiger partial charge in [-0.15, -0.1) is 0 Å². The number of rotatable bonds is 5. The summed E-state index contributed by atoms with van der Waals surface area (Å²) in [6.07, 6.45) is 5.60. The molecule has 1 aliphatic heterocycles. The summed E-state index contributed by atoms with van der Waals surface area (Å²) >= 11 is 0. The van der Waals surface area contributed by atoms with E-state index in [0.29, 0.717) is 13.2 Å². The van der Waals surface area contributed by atoms with Crippen molar-refractivity contribution in [3.8, 4) is 0 Å². The van der Waals surface area contributed by atoms with Crippen LogP contribution in [0.25, 0.3) is 0 Å². The maximum absolute atomic E-state index is 11.7. The van der Waals surface area contributed by atoms with E-state index in [-0.39, 0.29) is 17.4 Å². The van der Waals surface area contributed by atoms with E-state index in [0.717, 1.165) is 25.8 Å². The third-order valence-electron chi connectivity index (χ3n) is 3.83. The zero-order valence-corrected chi connectivity index (χ0v) is 10.1. The van der Waals surface area contributed by atoms with Crippen LogP contribution < -0.4 is 10.6 Å². The number of hydrogen-bond donors (Lipinski definition) is 2. The Morgan fingerprint density at radius 2 is 2.31 bits per heavy atom. The average Bonchev–Trinajstić information content (AvgIpc) is 2.62. The number of methoxy groups -OCH3 is 1. The molecule has 0 aromatic carbocycles. The minimum absolute atomic E-state index is 0.0197. The molecule has 0 spiro atoms. The second kappa shape index (κ2) is 5.15. The Balaban J connectivity index is 1.79. The number of hydrogen-bond acceptors (Lipinski definition) is 3. The van der Waals surface area contributed by atoms with E-state index < -0.39 is 0 Å². The fourth-order valence-electron chi connectivity index (χ4n) is 2.54. The van der Waals surface area contributed by atoms with Crippen LogP contribution in [0.5, 0.6) is 0 Å². The third kappa shape index (κ3) is 2.55. The van der Waals surface area contributed by atoms with Crippen LogP contribution in [-0.4, -0.2) is 38.3 Å². The van der Waals surface area contributed by atoms with Crippen LogP contribution in [0.3, 0.4) is 0 Å². The SMILES string of the molecule is COCC1(CNC(=O)C2CCC2)CCCN1. The summed E-state index contributed by atoms with van der Waals surface area (Å²) in [6.45, 7) is 2.41. The predicted octanol–water partition coefficient (Wildman–Crippen LogP) is 0.671. The number of amides is 1. The predicted molar refractivity (Wildman–Crippen MR) is 62.2 cm³/mol. The number of ether oxygens (including phenoxy) is 1. The van der Waals surface area contributed by atoms with E-state index in [9.17, 15) is 4.79 Å². The van der Waals surface area contributed by atoms with Gasteiger partial charge in [0, 0.05) is 19.6 Å². The van der Waals surface area contributed by atoms with Crippen molar-refractivity contribution in [1.82, 2.24) is 10.6 Å². The van der Waals surface area contributed by atoms with Crippen LogP contribution in [-0.2, 0) is 9.53 Å². The molecule has 1 amide bonds. The van der Waals surface area contributed by atoms with Gasteiger partial charge >= 0.3 is 0 Å². The molecule has 1 aliphatic carbocycles. The quantitative estimate of drug-likeness (QED) is 0.724. The van der Waals surface area contributed by atoms with Crippen molar-refractivity contribution in [3.05, 3.63) is 0 Å². The van der Waals surface area contributed by atoms with Crippen LogP contribution in [0, 0.1) is 5.92 Å². The zero-order valence-electron chi connectivity index (χ0n) is 10.1.